The highest BCUT2D eigenvalue weighted by Crippen LogP contribution is 2.41. The summed E-state index contributed by atoms with van der Waals surface area (Å²) in [5.74, 6) is 1.00. The number of nitro benzene ring substituents is 1. The third-order valence-electron chi connectivity index (χ3n) is 3.53. The van der Waals surface area contributed by atoms with E-state index in [9.17, 15) is 15.2 Å². The zero-order valence-electron chi connectivity index (χ0n) is 12.2. The normalized spacial score (nSPS) is 15.6. The van der Waals surface area contributed by atoms with Crippen LogP contribution in [0.5, 0.6) is 0 Å². The van der Waals surface area contributed by atoms with E-state index in [1.54, 1.807) is 12.1 Å². The molecular formula is C14H16N4O4S. The lowest BCUT2D eigenvalue weighted by Crippen LogP contribution is -2.15. The molecule has 1 saturated carbocycles. The second-order valence-electron chi connectivity index (χ2n) is 5.36. The van der Waals surface area contributed by atoms with Gasteiger partial charge < -0.3 is 10.2 Å². The number of hydrogen-bond acceptors (Lipinski definition) is 7. The van der Waals surface area contributed by atoms with E-state index in [2.05, 4.69) is 10.2 Å². The summed E-state index contributed by atoms with van der Waals surface area (Å²) in [4.78, 5) is 10.3. The fourth-order valence-electron chi connectivity index (χ4n) is 2.19. The summed E-state index contributed by atoms with van der Waals surface area (Å²) >= 11 is 1.34. The van der Waals surface area contributed by atoms with Gasteiger partial charge in [0.1, 0.15) is 0 Å². The van der Waals surface area contributed by atoms with Gasteiger partial charge in [-0.2, -0.15) is 0 Å². The average Bonchev–Trinajstić information content (AvgIpc) is 3.32. The van der Waals surface area contributed by atoms with Gasteiger partial charge in [-0.15, -0.1) is 10.2 Å². The molecule has 8 nitrogen and oxygen atoms in total. The third-order valence-corrected chi connectivity index (χ3v) is 4.62. The van der Waals surface area contributed by atoms with E-state index in [1.807, 2.05) is 4.57 Å². The zero-order valence-corrected chi connectivity index (χ0v) is 13.0. The molecule has 1 aromatic heterocycles. The first-order valence-corrected chi connectivity index (χ1v) is 8.20. The minimum atomic E-state index is -0.799. The smallest absolute Gasteiger partial charge is 0.269 e. The van der Waals surface area contributed by atoms with E-state index in [0.717, 1.165) is 18.4 Å². The van der Waals surface area contributed by atoms with E-state index in [0.29, 0.717) is 22.8 Å². The summed E-state index contributed by atoms with van der Waals surface area (Å²) in [6, 6.07) is 6.55. The molecule has 2 aromatic rings. The van der Waals surface area contributed by atoms with E-state index >= 15 is 0 Å². The van der Waals surface area contributed by atoms with Gasteiger partial charge in [0.05, 0.1) is 17.6 Å². The van der Waals surface area contributed by atoms with Gasteiger partial charge in [-0.1, -0.05) is 11.8 Å². The van der Waals surface area contributed by atoms with Crippen LogP contribution in [0.25, 0.3) is 11.4 Å². The topological polar surface area (TPSA) is 114 Å². The molecule has 122 valence electrons. The first-order valence-electron chi connectivity index (χ1n) is 7.21. The Labute approximate surface area is 136 Å². The fourth-order valence-corrected chi connectivity index (χ4v) is 3.11. The van der Waals surface area contributed by atoms with Crippen molar-refractivity contribution in [1.82, 2.24) is 14.8 Å². The Balaban J connectivity index is 1.87. The van der Waals surface area contributed by atoms with E-state index < -0.39 is 11.0 Å². The zero-order chi connectivity index (χ0) is 16.4. The second kappa shape index (κ2) is 6.65. The number of benzene rings is 1. The number of nitrogens with zero attached hydrogens (tertiary/aromatic N) is 4. The molecule has 23 heavy (non-hydrogen) atoms. The van der Waals surface area contributed by atoms with Crippen LogP contribution < -0.4 is 0 Å². The molecular weight excluding hydrogens is 320 g/mol. The van der Waals surface area contributed by atoms with E-state index in [1.165, 1.54) is 23.9 Å². The third kappa shape index (κ3) is 3.52. The molecule has 9 heteroatoms. The lowest BCUT2D eigenvalue weighted by molar-refractivity contribution is -0.384. The van der Waals surface area contributed by atoms with Crippen molar-refractivity contribution in [2.24, 2.45) is 0 Å². The Morgan fingerprint density at radius 2 is 2.04 bits per heavy atom. The van der Waals surface area contributed by atoms with Crippen molar-refractivity contribution < 1.29 is 15.1 Å². The first kappa shape index (κ1) is 15.9. The Kier molecular flexibility index (Phi) is 4.60. The van der Waals surface area contributed by atoms with Crippen LogP contribution in [0.2, 0.25) is 0 Å². The summed E-state index contributed by atoms with van der Waals surface area (Å²) in [5.41, 5.74) is 0.802. The number of nitro groups is 1. The average molecular weight is 336 g/mol. The molecule has 0 saturated heterocycles. The molecule has 1 aromatic carbocycles. The van der Waals surface area contributed by atoms with Gasteiger partial charge in [0.2, 0.25) is 0 Å². The van der Waals surface area contributed by atoms with Crippen LogP contribution >= 0.6 is 11.8 Å². The number of aliphatic hydroxyl groups excluding tert-OH is 2. The summed E-state index contributed by atoms with van der Waals surface area (Å²) in [7, 11) is 0. The maximum Gasteiger partial charge on any atom is 0.269 e. The minimum Gasteiger partial charge on any atom is -0.394 e. The van der Waals surface area contributed by atoms with Crippen molar-refractivity contribution in [3.05, 3.63) is 34.4 Å². The molecule has 1 unspecified atom stereocenters. The van der Waals surface area contributed by atoms with Crippen LogP contribution in [-0.4, -0.2) is 48.4 Å². The molecule has 1 aliphatic rings. The first-order chi connectivity index (χ1) is 11.1. The van der Waals surface area contributed by atoms with Crippen molar-refractivity contribution in [2.45, 2.75) is 30.1 Å². The van der Waals surface area contributed by atoms with E-state index in [4.69, 9.17) is 5.11 Å². The van der Waals surface area contributed by atoms with Gasteiger partial charge in [-0.05, 0) is 25.0 Å². The Morgan fingerprint density at radius 3 is 2.61 bits per heavy atom. The number of aromatic nitrogens is 3. The van der Waals surface area contributed by atoms with Crippen molar-refractivity contribution in [3.8, 4) is 11.4 Å². The van der Waals surface area contributed by atoms with Crippen LogP contribution in [0.4, 0.5) is 5.69 Å². The molecule has 1 atom stereocenters. The molecule has 1 aliphatic carbocycles. The fraction of sp³-hybridized carbons (Fsp3) is 0.429. The lowest BCUT2D eigenvalue weighted by atomic mass is 10.2. The predicted octanol–water partition coefficient (Wildman–Crippen LogP) is 1.63. The maximum atomic E-state index is 10.7. The minimum absolute atomic E-state index is 0.0342. The molecule has 1 heterocycles. The molecule has 0 amide bonds. The highest BCUT2D eigenvalue weighted by molar-refractivity contribution is 7.99. The molecule has 3 rings (SSSR count). The Hall–Kier alpha value is -1.97. The van der Waals surface area contributed by atoms with Crippen LogP contribution in [0, 0.1) is 10.1 Å². The summed E-state index contributed by atoms with van der Waals surface area (Å²) in [6.07, 6.45) is 1.27. The van der Waals surface area contributed by atoms with Crippen molar-refractivity contribution >= 4 is 17.4 Å². The number of hydrogen-bond donors (Lipinski definition) is 2. The highest BCUT2D eigenvalue weighted by atomic mass is 32.2. The van der Waals surface area contributed by atoms with E-state index in [-0.39, 0.29) is 12.3 Å². The Morgan fingerprint density at radius 1 is 1.35 bits per heavy atom. The molecule has 0 spiro atoms. The molecule has 1 fully saturated rings. The largest absolute Gasteiger partial charge is 0.394 e. The van der Waals surface area contributed by atoms with Crippen LogP contribution in [0.3, 0.4) is 0 Å². The second-order valence-corrected chi connectivity index (χ2v) is 6.35. The molecule has 0 aliphatic heterocycles. The van der Waals surface area contributed by atoms with Crippen LogP contribution in [0.15, 0.2) is 29.4 Å². The van der Waals surface area contributed by atoms with Gasteiger partial charge in [0, 0.05) is 29.5 Å². The number of rotatable bonds is 7. The lowest BCUT2D eigenvalue weighted by Gasteiger charge is -2.10. The number of thioether (sulfide) groups is 1. The number of aliphatic hydroxyl groups is 2. The maximum absolute atomic E-state index is 10.7. The monoisotopic (exact) mass is 336 g/mol. The standard InChI is InChI=1S/C14H16N4O4S/c19-7-12(20)8-23-14-16-15-13(17(14)10-5-6-10)9-1-3-11(4-2-9)18(21)22/h1-4,10,12,19-20H,5-8H2. The summed E-state index contributed by atoms with van der Waals surface area (Å²) in [6.45, 7) is -0.292. The van der Waals surface area contributed by atoms with Gasteiger partial charge in [-0.25, -0.2) is 0 Å². The van der Waals surface area contributed by atoms with Crippen molar-refractivity contribution in [1.29, 1.82) is 0 Å². The predicted molar refractivity (Wildman–Crippen MR) is 84.2 cm³/mol. The van der Waals surface area contributed by atoms with Gasteiger partial charge in [-0.3, -0.25) is 14.7 Å². The van der Waals surface area contributed by atoms with Gasteiger partial charge in [0.15, 0.2) is 11.0 Å². The summed E-state index contributed by atoms with van der Waals surface area (Å²) < 4.78 is 2.01. The van der Waals surface area contributed by atoms with Crippen molar-refractivity contribution in [2.75, 3.05) is 12.4 Å². The molecule has 0 radical (unpaired) electrons. The molecule has 2 N–H and O–H groups in total. The SMILES string of the molecule is O=[N+]([O-])c1ccc(-c2nnc(SCC(O)CO)n2C2CC2)cc1. The number of non-ortho nitro benzene ring substituents is 1. The highest BCUT2D eigenvalue weighted by Gasteiger charge is 2.30. The van der Waals surface area contributed by atoms with Crippen LogP contribution in [0.1, 0.15) is 18.9 Å². The summed E-state index contributed by atoms with van der Waals surface area (Å²) in [5, 5.41) is 38.2. The van der Waals surface area contributed by atoms with Crippen LogP contribution in [-0.2, 0) is 0 Å². The van der Waals surface area contributed by atoms with Gasteiger partial charge in [0.25, 0.3) is 5.69 Å². The van der Waals surface area contributed by atoms with Gasteiger partial charge >= 0.3 is 0 Å². The quantitative estimate of drug-likeness (QED) is 0.448. The van der Waals surface area contributed by atoms with Crippen molar-refractivity contribution in [3.63, 3.8) is 0 Å². The molecule has 0 bridgehead atoms. The Bertz CT molecular complexity index is 699.